The number of benzene rings is 1. The van der Waals surface area contributed by atoms with Crippen molar-refractivity contribution in [3.8, 4) is 0 Å². The van der Waals surface area contributed by atoms with Gasteiger partial charge in [0, 0.05) is 26.6 Å². The van der Waals surface area contributed by atoms with Crippen molar-refractivity contribution in [2.24, 2.45) is 5.92 Å². The molecule has 1 saturated carbocycles. The Hall–Kier alpha value is -1.35. The van der Waals surface area contributed by atoms with Crippen LogP contribution >= 0.6 is 0 Å². The van der Waals surface area contributed by atoms with Gasteiger partial charge in [0.15, 0.2) is 0 Å². The van der Waals surface area contributed by atoms with Crippen LogP contribution in [0.15, 0.2) is 30.3 Å². The summed E-state index contributed by atoms with van der Waals surface area (Å²) in [5.41, 5.74) is 1.67. The van der Waals surface area contributed by atoms with Crippen LogP contribution in [0.2, 0.25) is 0 Å². The second kappa shape index (κ2) is 5.57. The van der Waals surface area contributed by atoms with E-state index in [0.717, 1.165) is 19.0 Å². The van der Waals surface area contributed by atoms with Crippen LogP contribution in [-0.2, 0) is 10.3 Å². The normalized spacial score (nSPS) is 29.4. The summed E-state index contributed by atoms with van der Waals surface area (Å²) in [5.74, 6) is 0.927. The minimum atomic E-state index is 0.146. The number of hydrogen-bond donors (Lipinski definition) is 1. The molecular formula is C17H24N2O. The van der Waals surface area contributed by atoms with Gasteiger partial charge in [-0.1, -0.05) is 43.2 Å². The third-order valence-corrected chi connectivity index (χ3v) is 5.20. The Morgan fingerprint density at radius 3 is 2.85 bits per heavy atom. The minimum absolute atomic E-state index is 0.146. The van der Waals surface area contributed by atoms with Crippen molar-refractivity contribution in [3.05, 3.63) is 35.9 Å². The second-order valence-corrected chi connectivity index (χ2v) is 6.10. The third-order valence-electron chi connectivity index (χ3n) is 5.20. The number of carbonyl (C=O) groups excluding carboxylic acids is 1. The molecule has 2 atom stereocenters. The van der Waals surface area contributed by atoms with Crippen molar-refractivity contribution >= 4 is 5.91 Å². The number of carbonyl (C=O) groups is 1. The first-order chi connectivity index (χ1) is 9.77. The fourth-order valence-corrected chi connectivity index (χ4v) is 4.14. The number of nitrogens with zero attached hydrogens (tertiary/aromatic N) is 1. The first kappa shape index (κ1) is 13.6. The molecule has 2 fully saturated rings. The number of likely N-dealkylation sites (tertiary alicyclic amines) is 1. The zero-order valence-corrected chi connectivity index (χ0v) is 12.3. The number of amides is 1. The molecule has 0 spiro atoms. The Bertz CT molecular complexity index is 473. The van der Waals surface area contributed by atoms with Gasteiger partial charge < -0.3 is 5.32 Å². The van der Waals surface area contributed by atoms with Crippen LogP contribution < -0.4 is 5.32 Å². The molecule has 0 unspecified atom stereocenters. The van der Waals surface area contributed by atoms with Crippen LogP contribution in [0.4, 0.5) is 0 Å². The van der Waals surface area contributed by atoms with E-state index in [2.05, 4.69) is 40.5 Å². The second-order valence-electron chi connectivity index (χ2n) is 6.10. The lowest BCUT2D eigenvalue weighted by Crippen LogP contribution is -2.66. The predicted octanol–water partition coefficient (Wildman–Crippen LogP) is 2.52. The zero-order valence-electron chi connectivity index (χ0n) is 12.3. The Balaban J connectivity index is 1.80. The van der Waals surface area contributed by atoms with Crippen molar-refractivity contribution in [3.63, 3.8) is 0 Å². The Labute approximate surface area is 121 Å². The standard InChI is InChI=1S/C17H24N2O/c1-18-16(20)10-12-19-13-15-9-5-6-11-17(15,19)14-7-3-2-4-8-14/h2-4,7-8,15H,5-6,9-13H2,1H3,(H,18,20)/t15-,17+/m1/s1. The summed E-state index contributed by atoms with van der Waals surface area (Å²) in [5, 5.41) is 2.73. The van der Waals surface area contributed by atoms with Crippen molar-refractivity contribution in [2.75, 3.05) is 20.1 Å². The summed E-state index contributed by atoms with van der Waals surface area (Å²) in [6.07, 6.45) is 5.86. The van der Waals surface area contributed by atoms with E-state index < -0.39 is 0 Å². The fourth-order valence-electron chi connectivity index (χ4n) is 4.14. The van der Waals surface area contributed by atoms with Gasteiger partial charge in [0.1, 0.15) is 0 Å². The molecule has 0 radical (unpaired) electrons. The summed E-state index contributed by atoms with van der Waals surface area (Å²) < 4.78 is 0. The maximum atomic E-state index is 11.5. The molecule has 1 aromatic carbocycles. The fraction of sp³-hybridized carbons (Fsp3) is 0.588. The molecule has 108 valence electrons. The van der Waals surface area contributed by atoms with Crippen LogP contribution in [0.1, 0.15) is 37.7 Å². The quantitative estimate of drug-likeness (QED) is 0.913. The summed E-state index contributed by atoms with van der Waals surface area (Å²) in [4.78, 5) is 14.1. The van der Waals surface area contributed by atoms with Gasteiger partial charge in [-0.25, -0.2) is 0 Å². The Kier molecular flexibility index (Phi) is 3.79. The lowest BCUT2D eigenvalue weighted by molar-refractivity contribution is -0.130. The van der Waals surface area contributed by atoms with Crippen LogP contribution in [0.3, 0.4) is 0 Å². The van der Waals surface area contributed by atoms with Crippen LogP contribution in [0.25, 0.3) is 0 Å². The molecule has 0 bridgehead atoms. The van der Waals surface area contributed by atoms with Crippen LogP contribution in [-0.4, -0.2) is 30.9 Å². The molecule has 1 saturated heterocycles. The van der Waals surface area contributed by atoms with Crippen molar-refractivity contribution in [1.82, 2.24) is 10.2 Å². The van der Waals surface area contributed by atoms with Crippen LogP contribution in [0.5, 0.6) is 0 Å². The van der Waals surface area contributed by atoms with E-state index in [4.69, 9.17) is 0 Å². The first-order valence-electron chi connectivity index (χ1n) is 7.78. The molecule has 1 heterocycles. The van der Waals surface area contributed by atoms with Gasteiger partial charge in [-0.15, -0.1) is 0 Å². The topological polar surface area (TPSA) is 32.3 Å². The summed E-state index contributed by atoms with van der Waals surface area (Å²) in [6.45, 7) is 2.04. The molecule has 3 rings (SSSR count). The molecule has 1 amide bonds. The van der Waals surface area contributed by atoms with E-state index in [-0.39, 0.29) is 11.4 Å². The highest BCUT2D eigenvalue weighted by Crippen LogP contribution is 2.53. The maximum Gasteiger partial charge on any atom is 0.221 e. The Morgan fingerprint density at radius 1 is 1.35 bits per heavy atom. The van der Waals surface area contributed by atoms with Gasteiger partial charge in [0.2, 0.25) is 5.91 Å². The summed E-state index contributed by atoms with van der Waals surface area (Å²) in [6, 6.07) is 10.9. The zero-order chi connectivity index (χ0) is 14.0. The monoisotopic (exact) mass is 272 g/mol. The molecule has 3 heteroatoms. The average molecular weight is 272 g/mol. The van der Waals surface area contributed by atoms with E-state index in [0.29, 0.717) is 6.42 Å². The van der Waals surface area contributed by atoms with Gasteiger partial charge in [0.25, 0.3) is 0 Å². The molecule has 3 nitrogen and oxygen atoms in total. The maximum absolute atomic E-state index is 11.5. The van der Waals surface area contributed by atoms with Gasteiger partial charge in [-0.3, -0.25) is 9.69 Å². The van der Waals surface area contributed by atoms with Crippen molar-refractivity contribution in [2.45, 2.75) is 37.6 Å². The minimum Gasteiger partial charge on any atom is -0.359 e. The van der Waals surface area contributed by atoms with Gasteiger partial charge in [-0.05, 0) is 24.3 Å². The number of nitrogens with one attached hydrogen (secondary N) is 1. The molecule has 20 heavy (non-hydrogen) atoms. The lowest BCUT2D eigenvalue weighted by atomic mass is 9.61. The van der Waals surface area contributed by atoms with Crippen molar-refractivity contribution < 1.29 is 4.79 Å². The molecule has 1 aliphatic carbocycles. The van der Waals surface area contributed by atoms with Crippen LogP contribution in [0, 0.1) is 5.92 Å². The SMILES string of the molecule is CNC(=O)CCN1C[C@H]2CCCC[C@]21c1ccccc1. The highest BCUT2D eigenvalue weighted by Gasteiger charge is 2.54. The smallest absolute Gasteiger partial charge is 0.221 e. The van der Waals surface area contributed by atoms with Gasteiger partial charge >= 0.3 is 0 Å². The van der Waals surface area contributed by atoms with E-state index in [9.17, 15) is 4.79 Å². The van der Waals surface area contributed by atoms with Gasteiger partial charge in [0.05, 0.1) is 5.54 Å². The number of hydrogen-bond acceptors (Lipinski definition) is 2. The average Bonchev–Trinajstić information content (AvgIpc) is 2.49. The molecular weight excluding hydrogens is 248 g/mol. The Morgan fingerprint density at radius 2 is 2.15 bits per heavy atom. The first-order valence-corrected chi connectivity index (χ1v) is 7.78. The summed E-state index contributed by atoms with van der Waals surface area (Å²) in [7, 11) is 1.72. The largest absolute Gasteiger partial charge is 0.359 e. The molecule has 2 aliphatic rings. The van der Waals surface area contributed by atoms with Crippen molar-refractivity contribution in [1.29, 1.82) is 0 Å². The van der Waals surface area contributed by atoms with E-state index in [1.807, 2.05) is 0 Å². The third kappa shape index (κ3) is 2.14. The number of rotatable bonds is 4. The number of fused-ring (bicyclic) bond motifs is 1. The lowest BCUT2D eigenvalue weighted by Gasteiger charge is -2.62. The van der Waals surface area contributed by atoms with E-state index >= 15 is 0 Å². The molecule has 0 aromatic heterocycles. The summed E-state index contributed by atoms with van der Waals surface area (Å²) >= 11 is 0. The van der Waals surface area contributed by atoms with E-state index in [1.54, 1.807) is 7.05 Å². The highest BCUT2D eigenvalue weighted by atomic mass is 16.1. The highest BCUT2D eigenvalue weighted by molar-refractivity contribution is 5.75. The van der Waals surface area contributed by atoms with E-state index in [1.165, 1.54) is 31.2 Å². The van der Waals surface area contributed by atoms with Gasteiger partial charge in [-0.2, -0.15) is 0 Å². The molecule has 1 aromatic rings. The molecule has 1 aliphatic heterocycles. The molecule has 1 N–H and O–H groups in total. The predicted molar refractivity (Wildman–Crippen MR) is 80.3 cm³/mol.